The molecule has 1 N–H and O–H groups in total. The number of hydrogen-bond donors (Lipinski definition) is 1. The van der Waals surface area contributed by atoms with Crippen LogP contribution in [0.25, 0.3) is 0 Å². The van der Waals surface area contributed by atoms with Gasteiger partial charge in [-0.15, -0.1) is 0 Å². The first-order valence-electron chi connectivity index (χ1n) is 6.62. The summed E-state index contributed by atoms with van der Waals surface area (Å²) in [6.07, 6.45) is 2.67. The van der Waals surface area contributed by atoms with Crippen molar-refractivity contribution < 1.29 is 5.11 Å². The highest BCUT2D eigenvalue weighted by atomic mass is 16.3. The van der Waals surface area contributed by atoms with Gasteiger partial charge in [0.2, 0.25) is 0 Å². The molecule has 1 aromatic carbocycles. The standard InChI is InChI=1S/C15H20N2O/c16-9-4-10-17(11-13-7-8-13)12-15(18)14-5-2-1-3-6-14/h1-3,5-6,13,15,18H,4,7-8,10-12H2. The summed E-state index contributed by atoms with van der Waals surface area (Å²) in [5.41, 5.74) is 0.954. The van der Waals surface area contributed by atoms with E-state index in [0.29, 0.717) is 13.0 Å². The van der Waals surface area contributed by atoms with Crippen LogP contribution in [0.4, 0.5) is 0 Å². The first kappa shape index (κ1) is 13.1. The van der Waals surface area contributed by atoms with Gasteiger partial charge in [-0.2, -0.15) is 5.26 Å². The number of nitrogens with zero attached hydrogens (tertiary/aromatic N) is 2. The van der Waals surface area contributed by atoms with Crippen molar-refractivity contribution in [2.75, 3.05) is 19.6 Å². The molecule has 1 aliphatic carbocycles. The Labute approximate surface area is 109 Å². The van der Waals surface area contributed by atoms with Crippen LogP contribution in [-0.4, -0.2) is 29.6 Å². The third-order valence-electron chi connectivity index (χ3n) is 3.37. The Bertz CT molecular complexity index is 395. The molecule has 0 aliphatic heterocycles. The van der Waals surface area contributed by atoms with Crippen LogP contribution < -0.4 is 0 Å². The topological polar surface area (TPSA) is 47.3 Å². The maximum atomic E-state index is 10.2. The quantitative estimate of drug-likeness (QED) is 0.801. The molecule has 1 atom stereocenters. The van der Waals surface area contributed by atoms with Crippen LogP contribution in [0.1, 0.15) is 30.9 Å². The van der Waals surface area contributed by atoms with Gasteiger partial charge >= 0.3 is 0 Å². The number of rotatable bonds is 7. The lowest BCUT2D eigenvalue weighted by Crippen LogP contribution is -2.31. The average Bonchev–Trinajstić information content (AvgIpc) is 3.21. The zero-order chi connectivity index (χ0) is 12.8. The third kappa shape index (κ3) is 4.14. The van der Waals surface area contributed by atoms with E-state index in [0.717, 1.165) is 24.6 Å². The fourth-order valence-corrected chi connectivity index (χ4v) is 2.16. The highest BCUT2D eigenvalue weighted by Crippen LogP contribution is 2.30. The lowest BCUT2D eigenvalue weighted by atomic mass is 10.1. The summed E-state index contributed by atoms with van der Waals surface area (Å²) >= 11 is 0. The monoisotopic (exact) mass is 244 g/mol. The zero-order valence-corrected chi connectivity index (χ0v) is 10.6. The Kier molecular flexibility index (Phi) is 4.74. The summed E-state index contributed by atoms with van der Waals surface area (Å²) in [6.45, 7) is 2.41. The molecule has 3 heteroatoms. The van der Waals surface area contributed by atoms with Gasteiger partial charge in [-0.3, -0.25) is 4.90 Å². The number of aliphatic hydroxyl groups excluding tert-OH is 1. The SMILES string of the molecule is N#CCCN(CC1CC1)CC(O)c1ccccc1. The second-order valence-corrected chi connectivity index (χ2v) is 5.04. The van der Waals surface area contributed by atoms with Crippen LogP contribution in [0.5, 0.6) is 0 Å². The van der Waals surface area contributed by atoms with E-state index in [2.05, 4.69) is 11.0 Å². The first-order chi connectivity index (χ1) is 8.79. The van der Waals surface area contributed by atoms with Crippen LogP contribution in [0.2, 0.25) is 0 Å². The molecule has 3 nitrogen and oxygen atoms in total. The maximum absolute atomic E-state index is 10.2. The van der Waals surface area contributed by atoms with Crippen LogP contribution in [0, 0.1) is 17.2 Å². The van der Waals surface area contributed by atoms with Crippen molar-refractivity contribution in [2.24, 2.45) is 5.92 Å². The van der Waals surface area contributed by atoms with Gasteiger partial charge in [0, 0.05) is 26.1 Å². The van der Waals surface area contributed by atoms with Crippen molar-refractivity contribution >= 4 is 0 Å². The normalized spacial score (nSPS) is 16.5. The van der Waals surface area contributed by atoms with Crippen molar-refractivity contribution in [3.05, 3.63) is 35.9 Å². The van der Waals surface area contributed by atoms with Gasteiger partial charge in [0.25, 0.3) is 0 Å². The van der Waals surface area contributed by atoms with Gasteiger partial charge in [0.15, 0.2) is 0 Å². The second kappa shape index (κ2) is 6.53. The van der Waals surface area contributed by atoms with Gasteiger partial charge in [-0.25, -0.2) is 0 Å². The molecule has 0 aromatic heterocycles. The molecule has 0 radical (unpaired) electrons. The van der Waals surface area contributed by atoms with Crippen LogP contribution >= 0.6 is 0 Å². The Morgan fingerprint density at radius 3 is 2.67 bits per heavy atom. The average molecular weight is 244 g/mol. The highest BCUT2D eigenvalue weighted by Gasteiger charge is 2.25. The minimum absolute atomic E-state index is 0.455. The second-order valence-electron chi connectivity index (χ2n) is 5.04. The van der Waals surface area contributed by atoms with E-state index in [1.165, 1.54) is 12.8 Å². The predicted octanol–water partition coefficient (Wildman–Crippen LogP) is 2.35. The molecule has 1 unspecified atom stereocenters. The lowest BCUT2D eigenvalue weighted by Gasteiger charge is -2.24. The molecule has 1 aliphatic rings. The van der Waals surface area contributed by atoms with Gasteiger partial charge in [-0.1, -0.05) is 30.3 Å². The van der Waals surface area contributed by atoms with E-state index in [4.69, 9.17) is 5.26 Å². The molecule has 2 rings (SSSR count). The molecular weight excluding hydrogens is 224 g/mol. The van der Waals surface area contributed by atoms with Crippen LogP contribution in [0.15, 0.2) is 30.3 Å². The summed E-state index contributed by atoms with van der Waals surface area (Å²) < 4.78 is 0. The summed E-state index contributed by atoms with van der Waals surface area (Å²) in [5, 5.41) is 18.9. The Morgan fingerprint density at radius 1 is 1.33 bits per heavy atom. The smallest absolute Gasteiger partial charge is 0.0916 e. The number of nitriles is 1. The molecular formula is C15H20N2O. The molecule has 0 amide bonds. The Hall–Kier alpha value is -1.37. The van der Waals surface area contributed by atoms with Crippen molar-refractivity contribution in [3.8, 4) is 6.07 Å². The van der Waals surface area contributed by atoms with Gasteiger partial charge < -0.3 is 5.11 Å². The predicted molar refractivity (Wildman–Crippen MR) is 70.8 cm³/mol. The van der Waals surface area contributed by atoms with Crippen molar-refractivity contribution in [1.82, 2.24) is 4.90 Å². The minimum Gasteiger partial charge on any atom is -0.387 e. The van der Waals surface area contributed by atoms with E-state index in [1.54, 1.807) is 0 Å². The van der Waals surface area contributed by atoms with Crippen LogP contribution in [-0.2, 0) is 0 Å². The summed E-state index contributed by atoms with van der Waals surface area (Å²) in [4.78, 5) is 2.22. The van der Waals surface area contributed by atoms with Crippen LogP contribution in [0.3, 0.4) is 0 Å². The third-order valence-corrected chi connectivity index (χ3v) is 3.37. The lowest BCUT2D eigenvalue weighted by molar-refractivity contribution is 0.111. The van der Waals surface area contributed by atoms with E-state index in [-0.39, 0.29) is 0 Å². The molecule has 0 saturated heterocycles. The molecule has 1 aromatic rings. The Balaban J connectivity index is 1.88. The van der Waals surface area contributed by atoms with Crippen molar-refractivity contribution in [2.45, 2.75) is 25.4 Å². The largest absolute Gasteiger partial charge is 0.387 e. The van der Waals surface area contributed by atoms with Gasteiger partial charge in [-0.05, 0) is 24.3 Å². The fourth-order valence-electron chi connectivity index (χ4n) is 2.16. The zero-order valence-electron chi connectivity index (χ0n) is 10.6. The van der Waals surface area contributed by atoms with Crippen molar-refractivity contribution in [1.29, 1.82) is 5.26 Å². The molecule has 1 saturated carbocycles. The van der Waals surface area contributed by atoms with Gasteiger partial charge in [0.1, 0.15) is 0 Å². The number of benzene rings is 1. The minimum atomic E-state index is -0.455. The fraction of sp³-hybridized carbons (Fsp3) is 0.533. The van der Waals surface area contributed by atoms with Gasteiger partial charge in [0.05, 0.1) is 12.2 Å². The molecule has 0 spiro atoms. The van der Waals surface area contributed by atoms with E-state index in [9.17, 15) is 5.11 Å². The molecule has 0 bridgehead atoms. The first-order valence-corrected chi connectivity index (χ1v) is 6.62. The van der Waals surface area contributed by atoms with E-state index >= 15 is 0 Å². The summed E-state index contributed by atoms with van der Waals surface area (Å²) in [6, 6.07) is 11.9. The summed E-state index contributed by atoms with van der Waals surface area (Å²) in [7, 11) is 0. The van der Waals surface area contributed by atoms with E-state index < -0.39 is 6.10 Å². The number of aliphatic hydroxyl groups is 1. The molecule has 1 fully saturated rings. The Morgan fingerprint density at radius 2 is 2.06 bits per heavy atom. The molecule has 0 heterocycles. The highest BCUT2D eigenvalue weighted by molar-refractivity contribution is 5.17. The molecule has 18 heavy (non-hydrogen) atoms. The number of hydrogen-bond acceptors (Lipinski definition) is 3. The van der Waals surface area contributed by atoms with Crippen molar-refractivity contribution in [3.63, 3.8) is 0 Å². The molecule has 96 valence electrons. The maximum Gasteiger partial charge on any atom is 0.0916 e. The summed E-state index contributed by atoms with van der Waals surface area (Å²) in [5.74, 6) is 0.784. The van der Waals surface area contributed by atoms with E-state index in [1.807, 2.05) is 30.3 Å².